The van der Waals surface area contributed by atoms with E-state index in [0.29, 0.717) is 11.0 Å². The number of carbonyl (C=O) groups is 3. The largest absolute Gasteiger partial charge is 1.00 e. The number of carbonyl (C=O) groups excluding carboxylic acids is 2. The Morgan fingerprint density at radius 3 is 2.46 bits per heavy atom. The Labute approximate surface area is 159 Å². The summed E-state index contributed by atoms with van der Waals surface area (Å²) in [4.78, 5) is 35.1. The van der Waals surface area contributed by atoms with Crippen LogP contribution in [0.15, 0.2) is 11.6 Å². The van der Waals surface area contributed by atoms with Crippen LogP contribution in [0.3, 0.4) is 0 Å². The Bertz CT molecular complexity index is 761. The first-order chi connectivity index (χ1) is 10.4. The zero-order valence-electron chi connectivity index (χ0n) is 13.1. The number of hydrogen-bond donors (Lipinski definition) is 2. The minimum Gasteiger partial charge on any atom is -0.859 e. The third-order valence-corrected chi connectivity index (χ3v) is 6.59. The van der Waals surface area contributed by atoms with Gasteiger partial charge in [0.25, 0.3) is 5.91 Å². The van der Waals surface area contributed by atoms with Crippen molar-refractivity contribution in [3.8, 4) is 0 Å². The monoisotopic (exact) mass is 368 g/mol. The maximum absolute atomic E-state index is 12.7. The Balaban J connectivity index is 0.00000288. The van der Waals surface area contributed by atoms with Gasteiger partial charge >= 0.3 is 41.5 Å². The SMILES string of the molecule is CC(=O)OC[C@@]1(C)[C@H](C(=O)O)N2C(=O)/C(=C\C(=N)[O-])[C@H]2S1(=O)=O.[Na+]. The molecule has 0 spiro atoms. The predicted octanol–water partition coefficient (Wildman–Crippen LogP) is -5.37. The van der Waals surface area contributed by atoms with Crippen molar-refractivity contribution in [2.45, 2.75) is 30.0 Å². The number of carboxylic acids is 1. The fourth-order valence-electron chi connectivity index (χ4n) is 2.78. The second kappa shape index (κ2) is 6.47. The zero-order chi connectivity index (χ0) is 17.7. The number of fused-ring (bicyclic) bond motifs is 1. The molecule has 0 saturated carbocycles. The topological polar surface area (TPSA) is 165 Å². The molecule has 2 aliphatic rings. The van der Waals surface area contributed by atoms with Gasteiger partial charge in [0.1, 0.15) is 11.4 Å². The number of aliphatic carboxylic acids is 1. The summed E-state index contributed by atoms with van der Waals surface area (Å²) < 4.78 is 28.0. The second-order valence-electron chi connectivity index (χ2n) is 5.41. The van der Waals surface area contributed by atoms with Crippen molar-refractivity contribution >= 4 is 33.6 Å². The molecule has 0 aromatic rings. The van der Waals surface area contributed by atoms with Crippen LogP contribution < -0.4 is 34.7 Å². The number of nitrogens with one attached hydrogen (secondary N) is 1. The summed E-state index contributed by atoms with van der Waals surface area (Å²) in [7, 11) is -4.30. The van der Waals surface area contributed by atoms with Gasteiger partial charge in [0, 0.05) is 6.92 Å². The first-order valence-corrected chi connectivity index (χ1v) is 7.89. The third-order valence-electron chi connectivity index (χ3n) is 3.88. The summed E-state index contributed by atoms with van der Waals surface area (Å²) in [5, 5.41) is 25.3. The van der Waals surface area contributed by atoms with Crippen molar-refractivity contribution in [1.29, 1.82) is 5.41 Å². The van der Waals surface area contributed by atoms with E-state index in [1.54, 1.807) is 0 Å². The molecule has 24 heavy (non-hydrogen) atoms. The van der Waals surface area contributed by atoms with E-state index in [1.807, 2.05) is 0 Å². The Morgan fingerprint density at radius 1 is 1.50 bits per heavy atom. The minimum absolute atomic E-state index is 0. The van der Waals surface area contributed by atoms with Crippen LogP contribution in [0.5, 0.6) is 0 Å². The molecule has 3 atom stereocenters. The van der Waals surface area contributed by atoms with E-state index in [9.17, 15) is 33.0 Å². The molecule has 126 valence electrons. The number of hydrogen-bond acceptors (Lipinski definition) is 8. The van der Waals surface area contributed by atoms with Crippen molar-refractivity contribution in [2.24, 2.45) is 0 Å². The molecular formula is C12H13N2NaO8S. The van der Waals surface area contributed by atoms with Crippen molar-refractivity contribution < 1.29 is 67.3 Å². The number of nitrogens with zero attached hydrogens (tertiary/aromatic N) is 1. The van der Waals surface area contributed by atoms with Crippen LogP contribution in [-0.2, 0) is 29.0 Å². The van der Waals surface area contributed by atoms with Gasteiger partial charge in [-0.05, 0) is 18.9 Å². The normalized spacial score (nSPS) is 31.7. The van der Waals surface area contributed by atoms with E-state index in [2.05, 4.69) is 4.74 Å². The van der Waals surface area contributed by atoms with Crippen molar-refractivity contribution in [1.82, 2.24) is 4.90 Å². The zero-order valence-corrected chi connectivity index (χ0v) is 15.9. The van der Waals surface area contributed by atoms with Gasteiger partial charge in [-0.3, -0.25) is 9.59 Å². The summed E-state index contributed by atoms with van der Waals surface area (Å²) in [6.07, 6.45) is 0.553. The van der Waals surface area contributed by atoms with Crippen LogP contribution in [0.2, 0.25) is 0 Å². The summed E-state index contributed by atoms with van der Waals surface area (Å²) in [6, 6.07) is -1.76. The fourth-order valence-corrected chi connectivity index (χ4v) is 5.06. The molecule has 2 fully saturated rings. The molecule has 0 aromatic carbocycles. The number of carboxylic acid groups (broad SMARTS) is 1. The molecule has 0 radical (unpaired) electrons. The van der Waals surface area contributed by atoms with E-state index in [-0.39, 0.29) is 29.6 Å². The number of sulfone groups is 1. The van der Waals surface area contributed by atoms with Gasteiger partial charge in [0.05, 0.1) is 5.57 Å². The van der Waals surface area contributed by atoms with Gasteiger partial charge in [-0.15, -0.1) is 0 Å². The maximum atomic E-state index is 12.7. The maximum Gasteiger partial charge on any atom is 1.00 e. The molecule has 2 N–H and O–H groups in total. The van der Waals surface area contributed by atoms with Gasteiger partial charge in [-0.25, -0.2) is 13.2 Å². The molecule has 0 aromatic heterocycles. The molecule has 0 unspecified atom stereocenters. The van der Waals surface area contributed by atoms with E-state index < -0.39 is 61.9 Å². The third kappa shape index (κ3) is 2.75. The van der Waals surface area contributed by atoms with E-state index >= 15 is 0 Å². The van der Waals surface area contributed by atoms with Gasteiger partial charge in [-0.2, -0.15) is 0 Å². The van der Waals surface area contributed by atoms with Crippen molar-refractivity contribution in [3.05, 3.63) is 11.6 Å². The average molecular weight is 368 g/mol. The number of β-lactam (4-membered cyclic amide) rings is 1. The fraction of sp³-hybridized carbons (Fsp3) is 0.500. The summed E-state index contributed by atoms with van der Waals surface area (Å²) in [5.41, 5.74) is -0.456. The molecule has 0 bridgehead atoms. The quantitative estimate of drug-likeness (QED) is 0.124. The number of rotatable bonds is 4. The summed E-state index contributed by atoms with van der Waals surface area (Å²) in [6.45, 7) is 1.35. The predicted molar refractivity (Wildman–Crippen MR) is 71.8 cm³/mol. The number of esters is 1. The molecule has 2 heterocycles. The van der Waals surface area contributed by atoms with Crippen molar-refractivity contribution in [3.63, 3.8) is 0 Å². The minimum atomic E-state index is -4.30. The van der Waals surface area contributed by atoms with Crippen LogP contribution in [0.1, 0.15) is 13.8 Å². The Hall–Kier alpha value is -1.43. The number of ether oxygens (including phenoxy) is 1. The smallest absolute Gasteiger partial charge is 0.859 e. The van der Waals surface area contributed by atoms with Crippen LogP contribution in [-0.4, -0.2) is 64.9 Å². The molecule has 1 amide bonds. The molecule has 2 aliphatic heterocycles. The molecule has 12 heteroatoms. The average Bonchev–Trinajstić information content (AvgIpc) is 2.57. The van der Waals surface area contributed by atoms with Crippen LogP contribution >= 0.6 is 0 Å². The van der Waals surface area contributed by atoms with E-state index in [1.165, 1.54) is 0 Å². The van der Waals surface area contributed by atoms with E-state index in [0.717, 1.165) is 13.8 Å². The molecule has 0 aliphatic carbocycles. The Kier molecular flexibility index (Phi) is 5.55. The first kappa shape index (κ1) is 20.6. The van der Waals surface area contributed by atoms with Crippen molar-refractivity contribution in [2.75, 3.05) is 6.61 Å². The Morgan fingerprint density at radius 2 is 2.04 bits per heavy atom. The van der Waals surface area contributed by atoms with Gasteiger partial charge in [-0.1, -0.05) is 0 Å². The summed E-state index contributed by atoms with van der Waals surface area (Å²) >= 11 is 0. The van der Waals surface area contributed by atoms with Crippen LogP contribution in [0, 0.1) is 5.41 Å². The molecule has 2 saturated heterocycles. The van der Waals surface area contributed by atoms with Crippen LogP contribution in [0.4, 0.5) is 0 Å². The van der Waals surface area contributed by atoms with Gasteiger partial charge in [0.15, 0.2) is 21.3 Å². The van der Waals surface area contributed by atoms with Gasteiger partial charge in [0.2, 0.25) is 0 Å². The summed E-state index contributed by atoms with van der Waals surface area (Å²) in [5.74, 6) is -4.60. The number of amides is 1. The molecule has 2 rings (SSSR count). The molecule has 10 nitrogen and oxygen atoms in total. The van der Waals surface area contributed by atoms with Gasteiger partial charge < -0.3 is 25.3 Å². The molecular weight excluding hydrogens is 355 g/mol. The second-order valence-corrected chi connectivity index (χ2v) is 7.88. The van der Waals surface area contributed by atoms with E-state index in [4.69, 9.17) is 5.41 Å². The van der Waals surface area contributed by atoms with Crippen LogP contribution in [0.25, 0.3) is 0 Å². The first-order valence-electron chi connectivity index (χ1n) is 6.34. The standard InChI is InChI=1S/C12H14N2O8S.Na/c1-5(15)22-4-12(2)8(11(18)19)14-9(17)6(3-7(13)16)10(14)23(12,20)21;/h3,8,10H,4H2,1-2H3,(H2,13,16)(H,18,19);/q;+1/p-1/b6-3+;/t8-,10+,12-;/m0./s1.